The summed E-state index contributed by atoms with van der Waals surface area (Å²) < 4.78 is 10.8. The third kappa shape index (κ3) is 3.36. The maximum Gasteiger partial charge on any atom is 0.306 e. The monoisotopic (exact) mass is 385 g/mol. The van der Waals surface area contributed by atoms with Gasteiger partial charge in [0.15, 0.2) is 0 Å². The van der Waals surface area contributed by atoms with Crippen LogP contribution in [0.3, 0.4) is 0 Å². The highest BCUT2D eigenvalue weighted by Gasteiger charge is 2.46. The van der Waals surface area contributed by atoms with Crippen molar-refractivity contribution in [3.05, 3.63) is 23.9 Å². The number of cyclic esters (lactones) is 1. The second-order valence-electron chi connectivity index (χ2n) is 8.73. The van der Waals surface area contributed by atoms with Gasteiger partial charge in [0.05, 0.1) is 26.1 Å². The summed E-state index contributed by atoms with van der Waals surface area (Å²) in [5.74, 6) is 1.65. The average Bonchev–Trinajstić information content (AvgIpc) is 3.27. The molecule has 1 spiro atoms. The largest absolute Gasteiger partial charge is 0.465 e. The summed E-state index contributed by atoms with van der Waals surface area (Å²) in [4.78, 5) is 32.3. The molecule has 4 fully saturated rings. The van der Waals surface area contributed by atoms with Crippen LogP contribution in [0.15, 0.2) is 18.3 Å². The van der Waals surface area contributed by atoms with Crippen LogP contribution in [0.25, 0.3) is 0 Å². The van der Waals surface area contributed by atoms with Crippen LogP contribution >= 0.6 is 0 Å². The van der Waals surface area contributed by atoms with E-state index in [1.54, 1.807) is 0 Å². The number of aromatic nitrogens is 1. The molecule has 0 bridgehead atoms. The number of amides is 1. The smallest absolute Gasteiger partial charge is 0.306 e. The highest BCUT2D eigenvalue weighted by atomic mass is 16.5. The summed E-state index contributed by atoms with van der Waals surface area (Å²) in [6.45, 7) is 4.79. The van der Waals surface area contributed by atoms with E-state index in [1.807, 2.05) is 11.1 Å². The second kappa shape index (κ2) is 7.03. The van der Waals surface area contributed by atoms with Crippen molar-refractivity contribution in [2.75, 3.05) is 44.3 Å². The number of nitrogens with zero attached hydrogens (tertiary/aromatic N) is 3. The molecule has 150 valence electrons. The third-order valence-electron chi connectivity index (χ3n) is 6.65. The molecule has 5 rings (SSSR count). The lowest BCUT2D eigenvalue weighted by atomic mass is 9.90. The number of hydrogen-bond donors (Lipinski definition) is 0. The predicted octanol–water partition coefficient (Wildman–Crippen LogP) is 1.72. The first-order chi connectivity index (χ1) is 13.6. The molecule has 0 aliphatic carbocycles. The van der Waals surface area contributed by atoms with E-state index in [2.05, 4.69) is 22.0 Å². The summed E-state index contributed by atoms with van der Waals surface area (Å²) >= 11 is 0. The Bertz CT molecular complexity index is 745. The zero-order valence-corrected chi connectivity index (χ0v) is 16.1. The van der Waals surface area contributed by atoms with Crippen LogP contribution in [0.5, 0.6) is 0 Å². The van der Waals surface area contributed by atoms with Gasteiger partial charge in [0.2, 0.25) is 5.91 Å². The quantitative estimate of drug-likeness (QED) is 0.719. The van der Waals surface area contributed by atoms with Crippen LogP contribution in [-0.4, -0.2) is 66.8 Å². The summed E-state index contributed by atoms with van der Waals surface area (Å²) in [7, 11) is 0. The lowest BCUT2D eigenvalue weighted by molar-refractivity contribution is -0.138. The van der Waals surface area contributed by atoms with E-state index in [1.165, 1.54) is 12.0 Å². The molecule has 0 radical (unpaired) electrons. The molecule has 0 N–H and O–H groups in total. The zero-order chi connectivity index (χ0) is 19.1. The van der Waals surface area contributed by atoms with Crippen LogP contribution in [0.2, 0.25) is 0 Å². The fourth-order valence-corrected chi connectivity index (χ4v) is 4.77. The highest BCUT2D eigenvalue weighted by Crippen LogP contribution is 2.37. The lowest BCUT2D eigenvalue weighted by Gasteiger charge is -2.47. The average molecular weight is 385 g/mol. The van der Waals surface area contributed by atoms with Gasteiger partial charge in [-0.2, -0.15) is 0 Å². The molecule has 5 heterocycles. The SMILES string of the molecule is O=C1C[C@H](CCC(=O)N2CC(c3ccc(N4CC5(CCCO5)C4)nc3)C2)CO1. The van der Waals surface area contributed by atoms with Gasteiger partial charge in [-0.25, -0.2) is 4.98 Å². The minimum Gasteiger partial charge on any atom is -0.465 e. The van der Waals surface area contributed by atoms with E-state index in [9.17, 15) is 9.59 Å². The van der Waals surface area contributed by atoms with E-state index in [0.29, 0.717) is 25.4 Å². The fourth-order valence-electron chi connectivity index (χ4n) is 4.77. The van der Waals surface area contributed by atoms with E-state index >= 15 is 0 Å². The van der Waals surface area contributed by atoms with Crippen molar-refractivity contribution in [3.63, 3.8) is 0 Å². The maximum atomic E-state index is 12.3. The van der Waals surface area contributed by atoms with Gasteiger partial charge in [-0.1, -0.05) is 6.07 Å². The normalized spacial score (nSPS) is 26.3. The first kappa shape index (κ1) is 17.9. The molecule has 1 aromatic heterocycles. The zero-order valence-electron chi connectivity index (χ0n) is 16.1. The van der Waals surface area contributed by atoms with Gasteiger partial charge >= 0.3 is 5.97 Å². The second-order valence-corrected chi connectivity index (χ2v) is 8.73. The summed E-state index contributed by atoms with van der Waals surface area (Å²) in [5.41, 5.74) is 1.29. The highest BCUT2D eigenvalue weighted by molar-refractivity contribution is 5.77. The van der Waals surface area contributed by atoms with Gasteiger partial charge < -0.3 is 19.3 Å². The van der Waals surface area contributed by atoms with Crippen LogP contribution in [0.1, 0.15) is 43.6 Å². The molecule has 0 saturated carbocycles. The first-order valence-corrected chi connectivity index (χ1v) is 10.4. The van der Waals surface area contributed by atoms with Crippen molar-refractivity contribution in [2.45, 2.75) is 43.6 Å². The molecule has 4 aliphatic rings. The van der Waals surface area contributed by atoms with E-state index in [-0.39, 0.29) is 23.4 Å². The molecule has 0 aromatic carbocycles. The number of anilines is 1. The Morgan fingerprint density at radius 3 is 2.79 bits per heavy atom. The van der Waals surface area contributed by atoms with Crippen LogP contribution in [0, 0.1) is 5.92 Å². The Morgan fingerprint density at radius 1 is 1.29 bits per heavy atom. The van der Waals surface area contributed by atoms with Crippen molar-refractivity contribution in [1.29, 1.82) is 0 Å². The van der Waals surface area contributed by atoms with Crippen molar-refractivity contribution < 1.29 is 19.1 Å². The predicted molar refractivity (Wildman–Crippen MR) is 102 cm³/mol. The number of esters is 1. The van der Waals surface area contributed by atoms with E-state index in [4.69, 9.17) is 9.47 Å². The molecule has 1 atom stereocenters. The molecule has 7 nitrogen and oxygen atoms in total. The molecule has 1 aromatic rings. The Morgan fingerprint density at radius 2 is 2.14 bits per heavy atom. The molecule has 4 saturated heterocycles. The van der Waals surface area contributed by atoms with Crippen LogP contribution in [0.4, 0.5) is 5.82 Å². The van der Waals surface area contributed by atoms with Crippen molar-refractivity contribution in [3.8, 4) is 0 Å². The number of hydrogen-bond acceptors (Lipinski definition) is 6. The standard InChI is InChI=1S/C21H27N3O4/c25-19(5-2-15-8-20(26)27-12-15)23-10-17(11-23)16-3-4-18(22-9-16)24-13-21(14-24)6-1-7-28-21/h3-4,9,15,17H,1-2,5-8,10-14H2/t15-/m0/s1. The number of likely N-dealkylation sites (tertiary alicyclic amines) is 1. The summed E-state index contributed by atoms with van der Waals surface area (Å²) in [6, 6.07) is 4.25. The molecular weight excluding hydrogens is 358 g/mol. The van der Waals surface area contributed by atoms with Crippen molar-refractivity contribution in [2.24, 2.45) is 5.92 Å². The number of rotatable bonds is 5. The lowest BCUT2D eigenvalue weighted by Crippen LogP contribution is -2.61. The topological polar surface area (TPSA) is 72.0 Å². The van der Waals surface area contributed by atoms with E-state index < -0.39 is 0 Å². The van der Waals surface area contributed by atoms with Gasteiger partial charge in [0.25, 0.3) is 0 Å². The summed E-state index contributed by atoms with van der Waals surface area (Å²) in [5, 5.41) is 0. The van der Waals surface area contributed by atoms with E-state index in [0.717, 1.165) is 51.4 Å². The minimum absolute atomic E-state index is 0.0904. The van der Waals surface area contributed by atoms with Crippen molar-refractivity contribution in [1.82, 2.24) is 9.88 Å². The third-order valence-corrected chi connectivity index (χ3v) is 6.65. The molecule has 0 unspecified atom stereocenters. The Labute approximate surface area is 165 Å². The van der Waals surface area contributed by atoms with Gasteiger partial charge in [0.1, 0.15) is 11.4 Å². The Balaban J connectivity index is 1.07. The Kier molecular flexibility index (Phi) is 4.50. The number of carbonyl (C=O) groups excluding carboxylic acids is 2. The van der Waals surface area contributed by atoms with Gasteiger partial charge in [-0.05, 0) is 30.9 Å². The maximum absolute atomic E-state index is 12.3. The van der Waals surface area contributed by atoms with Crippen LogP contribution in [-0.2, 0) is 19.1 Å². The summed E-state index contributed by atoms with van der Waals surface area (Å²) in [6.07, 6.45) is 6.00. The molecule has 28 heavy (non-hydrogen) atoms. The molecular formula is C21H27N3O4. The van der Waals surface area contributed by atoms with Gasteiger partial charge in [-0.15, -0.1) is 0 Å². The minimum atomic E-state index is -0.137. The van der Waals surface area contributed by atoms with Crippen LogP contribution < -0.4 is 4.90 Å². The fraction of sp³-hybridized carbons (Fsp3) is 0.667. The number of pyridine rings is 1. The Hall–Kier alpha value is -2.15. The number of ether oxygens (including phenoxy) is 2. The van der Waals surface area contributed by atoms with Gasteiger partial charge in [0, 0.05) is 44.1 Å². The first-order valence-electron chi connectivity index (χ1n) is 10.4. The van der Waals surface area contributed by atoms with Crippen molar-refractivity contribution >= 4 is 17.7 Å². The van der Waals surface area contributed by atoms with Gasteiger partial charge in [-0.3, -0.25) is 9.59 Å². The molecule has 7 heteroatoms. The molecule has 4 aliphatic heterocycles. The number of carbonyl (C=O) groups is 2. The molecule has 1 amide bonds.